The quantitative estimate of drug-likeness (QED) is 0.428. The standard InChI is InChI=1S/C28H29FN4O4S/c29-23-10-3-1-8-21(23)19-31-33-24-18-20(27(34)30-14-7-17-32-15-5-6-16-32)12-13-26(24)38(36,37)25-11-4-2-9-22(25)28(33)35/h1-4,8-13,18,31H,5-7,14-17,19H2,(H,30,34). The Labute approximate surface area is 221 Å². The molecule has 3 aromatic rings. The van der Waals surface area contributed by atoms with Gasteiger partial charge in [0, 0.05) is 24.2 Å². The third-order valence-corrected chi connectivity index (χ3v) is 8.74. The minimum Gasteiger partial charge on any atom is -0.352 e. The van der Waals surface area contributed by atoms with Gasteiger partial charge >= 0.3 is 0 Å². The zero-order chi connectivity index (χ0) is 26.7. The van der Waals surface area contributed by atoms with E-state index in [1.165, 1.54) is 49.2 Å². The third-order valence-electron chi connectivity index (χ3n) is 6.88. The lowest BCUT2D eigenvalue weighted by molar-refractivity contribution is 0.0946. The molecule has 0 bridgehead atoms. The van der Waals surface area contributed by atoms with Gasteiger partial charge in [0.1, 0.15) is 5.82 Å². The largest absolute Gasteiger partial charge is 0.352 e. The number of likely N-dealkylation sites (tertiary alicyclic amines) is 1. The number of halogens is 1. The highest BCUT2D eigenvalue weighted by atomic mass is 32.2. The Balaban J connectivity index is 1.45. The van der Waals surface area contributed by atoms with E-state index in [9.17, 15) is 22.4 Å². The van der Waals surface area contributed by atoms with Crippen molar-refractivity contribution in [2.45, 2.75) is 35.6 Å². The van der Waals surface area contributed by atoms with Gasteiger partial charge in [0.05, 0.1) is 21.0 Å². The van der Waals surface area contributed by atoms with Crippen LogP contribution < -0.4 is 15.8 Å². The van der Waals surface area contributed by atoms with Crippen molar-refractivity contribution in [2.75, 3.05) is 31.2 Å². The van der Waals surface area contributed by atoms with Gasteiger partial charge in [-0.25, -0.2) is 23.2 Å². The molecule has 2 aliphatic rings. The number of fused-ring (bicyclic) bond motifs is 2. The molecule has 2 aliphatic heterocycles. The van der Waals surface area contributed by atoms with Crippen LogP contribution in [0.15, 0.2) is 76.5 Å². The highest BCUT2D eigenvalue weighted by Crippen LogP contribution is 2.36. The molecule has 2 amide bonds. The number of amides is 2. The van der Waals surface area contributed by atoms with Crippen LogP contribution in [0.3, 0.4) is 0 Å². The van der Waals surface area contributed by atoms with Crippen molar-refractivity contribution >= 4 is 27.3 Å². The highest BCUT2D eigenvalue weighted by molar-refractivity contribution is 7.91. The Bertz CT molecular complexity index is 1470. The average Bonchev–Trinajstić information content (AvgIpc) is 3.43. The van der Waals surface area contributed by atoms with Crippen LogP contribution >= 0.6 is 0 Å². The lowest BCUT2D eigenvalue weighted by Gasteiger charge is -2.24. The lowest BCUT2D eigenvalue weighted by atomic mass is 10.1. The maximum atomic E-state index is 14.3. The molecule has 0 unspecified atom stereocenters. The molecule has 0 atom stereocenters. The van der Waals surface area contributed by atoms with E-state index < -0.39 is 21.6 Å². The highest BCUT2D eigenvalue weighted by Gasteiger charge is 2.36. The molecule has 0 aliphatic carbocycles. The van der Waals surface area contributed by atoms with Crippen LogP contribution in [0.4, 0.5) is 10.1 Å². The fourth-order valence-corrected chi connectivity index (χ4v) is 6.47. The fourth-order valence-electron chi connectivity index (χ4n) is 4.86. The van der Waals surface area contributed by atoms with Crippen LogP contribution in [-0.2, 0) is 16.4 Å². The molecule has 198 valence electrons. The fraction of sp³-hybridized carbons (Fsp3) is 0.286. The molecule has 8 nitrogen and oxygen atoms in total. The van der Waals surface area contributed by atoms with E-state index in [2.05, 4.69) is 15.6 Å². The van der Waals surface area contributed by atoms with E-state index in [0.717, 1.165) is 31.1 Å². The van der Waals surface area contributed by atoms with Crippen molar-refractivity contribution < 1.29 is 22.4 Å². The monoisotopic (exact) mass is 536 g/mol. The summed E-state index contributed by atoms with van der Waals surface area (Å²) in [6.07, 6.45) is 3.21. The molecule has 5 rings (SSSR count). The Morgan fingerprint density at radius 2 is 1.68 bits per heavy atom. The summed E-state index contributed by atoms with van der Waals surface area (Å²) in [4.78, 5) is 28.7. The van der Waals surface area contributed by atoms with E-state index in [1.54, 1.807) is 30.3 Å². The van der Waals surface area contributed by atoms with Crippen molar-refractivity contribution in [3.63, 3.8) is 0 Å². The molecule has 2 heterocycles. The molecular formula is C28H29FN4O4S. The summed E-state index contributed by atoms with van der Waals surface area (Å²) in [7, 11) is -4.08. The number of hydrogen-bond acceptors (Lipinski definition) is 6. The number of hydrazine groups is 1. The van der Waals surface area contributed by atoms with Crippen molar-refractivity contribution in [2.24, 2.45) is 0 Å². The number of nitrogens with one attached hydrogen (secondary N) is 2. The van der Waals surface area contributed by atoms with Crippen LogP contribution in [0.5, 0.6) is 0 Å². The van der Waals surface area contributed by atoms with Crippen molar-refractivity contribution in [1.82, 2.24) is 15.6 Å². The molecule has 1 fully saturated rings. The molecule has 2 N–H and O–H groups in total. The van der Waals surface area contributed by atoms with E-state index in [0.29, 0.717) is 12.1 Å². The number of nitrogens with zero attached hydrogens (tertiary/aromatic N) is 2. The van der Waals surface area contributed by atoms with Crippen LogP contribution in [0.2, 0.25) is 0 Å². The first-order valence-electron chi connectivity index (χ1n) is 12.7. The van der Waals surface area contributed by atoms with Crippen molar-refractivity contribution in [1.29, 1.82) is 0 Å². The minimum atomic E-state index is -4.08. The topological polar surface area (TPSA) is 98.8 Å². The normalized spacial score (nSPS) is 16.6. The summed E-state index contributed by atoms with van der Waals surface area (Å²) in [6.45, 7) is 3.47. The summed E-state index contributed by atoms with van der Waals surface area (Å²) >= 11 is 0. The van der Waals surface area contributed by atoms with Gasteiger partial charge < -0.3 is 10.2 Å². The van der Waals surface area contributed by atoms with Crippen LogP contribution in [-0.4, -0.2) is 51.3 Å². The molecule has 3 aromatic carbocycles. The summed E-state index contributed by atoms with van der Waals surface area (Å²) < 4.78 is 41.5. The molecule has 0 spiro atoms. The van der Waals surface area contributed by atoms with Gasteiger partial charge in [-0.05, 0) is 75.3 Å². The van der Waals surface area contributed by atoms with Crippen molar-refractivity contribution in [3.8, 4) is 0 Å². The number of carbonyl (C=O) groups excluding carboxylic acids is 2. The summed E-state index contributed by atoms with van der Waals surface area (Å²) in [5.74, 6) is -1.45. The van der Waals surface area contributed by atoms with Gasteiger partial charge in [0.15, 0.2) is 0 Å². The maximum Gasteiger partial charge on any atom is 0.274 e. The van der Waals surface area contributed by atoms with Gasteiger partial charge in [0.2, 0.25) is 9.84 Å². The molecule has 38 heavy (non-hydrogen) atoms. The third kappa shape index (κ3) is 5.20. The second kappa shape index (κ2) is 11.0. The van der Waals surface area contributed by atoms with E-state index in [-0.39, 0.29) is 39.1 Å². The number of benzene rings is 3. The Morgan fingerprint density at radius 3 is 2.47 bits per heavy atom. The predicted molar refractivity (Wildman–Crippen MR) is 141 cm³/mol. The first-order chi connectivity index (χ1) is 18.4. The molecule has 0 saturated carbocycles. The SMILES string of the molecule is O=C(NCCCN1CCCC1)c1ccc2c(c1)N(NCc1ccccc1F)C(=O)c1ccccc1S2(=O)=O. The molecular weight excluding hydrogens is 507 g/mol. The molecule has 10 heteroatoms. The predicted octanol–water partition coefficient (Wildman–Crippen LogP) is 3.54. The molecule has 0 radical (unpaired) electrons. The van der Waals surface area contributed by atoms with Gasteiger partial charge in [0.25, 0.3) is 11.8 Å². The molecule has 1 saturated heterocycles. The van der Waals surface area contributed by atoms with E-state index >= 15 is 0 Å². The first kappa shape index (κ1) is 26.0. The van der Waals surface area contributed by atoms with Crippen LogP contribution in [0, 0.1) is 5.82 Å². The maximum absolute atomic E-state index is 14.3. The average molecular weight is 537 g/mol. The zero-order valence-electron chi connectivity index (χ0n) is 20.8. The second-order valence-corrected chi connectivity index (χ2v) is 11.3. The number of hydrogen-bond donors (Lipinski definition) is 2. The smallest absolute Gasteiger partial charge is 0.274 e. The number of rotatable bonds is 8. The number of sulfone groups is 1. The summed E-state index contributed by atoms with van der Waals surface area (Å²) in [5.41, 5.74) is 3.41. The van der Waals surface area contributed by atoms with Gasteiger partial charge in [-0.15, -0.1) is 0 Å². The van der Waals surface area contributed by atoms with Crippen LogP contribution in [0.1, 0.15) is 45.5 Å². The summed E-state index contributed by atoms with van der Waals surface area (Å²) in [5, 5.41) is 3.98. The number of carbonyl (C=O) groups is 2. The van der Waals surface area contributed by atoms with Gasteiger partial charge in [-0.1, -0.05) is 30.3 Å². The Hall–Kier alpha value is -3.60. The molecule has 0 aromatic heterocycles. The van der Waals surface area contributed by atoms with Crippen LogP contribution in [0.25, 0.3) is 0 Å². The lowest BCUT2D eigenvalue weighted by Crippen LogP contribution is -2.43. The van der Waals surface area contributed by atoms with E-state index in [1.807, 2.05) is 0 Å². The first-order valence-corrected chi connectivity index (χ1v) is 14.1. The van der Waals surface area contributed by atoms with Crippen molar-refractivity contribution in [3.05, 3.63) is 89.2 Å². The van der Waals surface area contributed by atoms with E-state index in [4.69, 9.17) is 0 Å². The van der Waals surface area contributed by atoms with Gasteiger partial charge in [-0.3, -0.25) is 9.59 Å². The Kier molecular flexibility index (Phi) is 7.55. The zero-order valence-corrected chi connectivity index (χ0v) is 21.6. The minimum absolute atomic E-state index is 0.00672. The Morgan fingerprint density at radius 1 is 0.947 bits per heavy atom. The van der Waals surface area contributed by atoms with Gasteiger partial charge in [-0.2, -0.15) is 0 Å². The second-order valence-electron chi connectivity index (χ2n) is 9.41. The number of anilines is 1. The summed E-state index contributed by atoms with van der Waals surface area (Å²) in [6, 6.07) is 16.2.